The predicted molar refractivity (Wildman–Crippen MR) is 126 cm³/mol. The van der Waals surface area contributed by atoms with E-state index in [2.05, 4.69) is 37.8 Å². The Labute approximate surface area is 190 Å². The predicted octanol–water partition coefficient (Wildman–Crippen LogP) is 5.36. The fraction of sp³-hybridized carbons (Fsp3) is 0.240. The number of allylic oxidation sites excluding steroid dienone is 2. The number of pyridine rings is 2. The molecule has 0 amide bonds. The molecule has 6 nitrogen and oxygen atoms in total. The van der Waals surface area contributed by atoms with Crippen molar-refractivity contribution < 1.29 is 8.78 Å². The summed E-state index contributed by atoms with van der Waals surface area (Å²) in [6, 6.07) is 6.00. The average Bonchev–Trinajstić information content (AvgIpc) is 3.48. The van der Waals surface area contributed by atoms with Gasteiger partial charge < -0.3 is 4.98 Å². The third-order valence-electron chi connectivity index (χ3n) is 5.91. The van der Waals surface area contributed by atoms with Crippen LogP contribution in [0.2, 0.25) is 0 Å². The molecule has 1 aliphatic rings. The summed E-state index contributed by atoms with van der Waals surface area (Å²) in [4.78, 5) is 14.1. The Morgan fingerprint density at radius 2 is 2.09 bits per heavy atom. The number of fused-ring (bicyclic) bond motifs is 1. The molecule has 0 aliphatic carbocycles. The lowest BCUT2D eigenvalue weighted by atomic mass is 10.1. The number of nitrogens with zero attached hydrogens (tertiary/aromatic N) is 4. The number of likely N-dealkylation sites (tertiary alicyclic amines) is 1. The molecule has 5 rings (SSSR count). The van der Waals surface area contributed by atoms with Gasteiger partial charge in [-0.05, 0) is 36.2 Å². The fourth-order valence-electron chi connectivity index (χ4n) is 4.24. The highest BCUT2D eigenvalue weighted by Crippen LogP contribution is 2.31. The molecule has 4 aromatic heterocycles. The first-order valence-corrected chi connectivity index (χ1v) is 10.8. The second-order valence-electron chi connectivity index (χ2n) is 8.44. The molecule has 0 aromatic carbocycles. The maximum absolute atomic E-state index is 13.5. The number of alkyl halides is 2. The van der Waals surface area contributed by atoms with Gasteiger partial charge in [0.15, 0.2) is 0 Å². The van der Waals surface area contributed by atoms with Crippen LogP contribution in [0.3, 0.4) is 0 Å². The second kappa shape index (κ2) is 8.37. The molecule has 8 heteroatoms. The van der Waals surface area contributed by atoms with Gasteiger partial charge in [0.25, 0.3) is 5.92 Å². The van der Waals surface area contributed by atoms with Gasteiger partial charge >= 0.3 is 0 Å². The standard InChI is InChI=1S/C25H24F2N6/c1-3-4-5-18-9-22(30-16(18)2)24-20-10-21(29-13-23(20)31-32-24)19-8-17(11-28-12-19)14-33-7-6-25(26,27)15-33/h3-5,8-13,30H,1,6-7,14-15H2,2H3,(H,31,32)/b5-4-. The van der Waals surface area contributed by atoms with E-state index >= 15 is 0 Å². The van der Waals surface area contributed by atoms with Crippen LogP contribution in [0, 0.1) is 6.92 Å². The Balaban J connectivity index is 1.46. The minimum absolute atomic E-state index is 0.0923. The van der Waals surface area contributed by atoms with Crippen molar-refractivity contribution >= 4 is 17.0 Å². The molecule has 0 saturated carbocycles. The lowest BCUT2D eigenvalue weighted by Crippen LogP contribution is -2.24. The molecular weight excluding hydrogens is 422 g/mol. The lowest BCUT2D eigenvalue weighted by molar-refractivity contribution is 0.0115. The van der Waals surface area contributed by atoms with Crippen LogP contribution < -0.4 is 0 Å². The van der Waals surface area contributed by atoms with Crippen LogP contribution in [0.15, 0.2) is 55.5 Å². The largest absolute Gasteiger partial charge is 0.357 e. The number of halogens is 2. The van der Waals surface area contributed by atoms with Crippen molar-refractivity contribution in [3.05, 3.63) is 72.3 Å². The Morgan fingerprint density at radius 1 is 1.21 bits per heavy atom. The fourth-order valence-corrected chi connectivity index (χ4v) is 4.24. The first-order chi connectivity index (χ1) is 15.9. The second-order valence-corrected chi connectivity index (χ2v) is 8.44. The molecule has 0 spiro atoms. The molecule has 5 heterocycles. The van der Waals surface area contributed by atoms with Crippen molar-refractivity contribution in [1.82, 2.24) is 30.0 Å². The van der Waals surface area contributed by atoms with Gasteiger partial charge in [-0.2, -0.15) is 5.10 Å². The van der Waals surface area contributed by atoms with E-state index < -0.39 is 5.92 Å². The number of nitrogens with one attached hydrogen (secondary N) is 2. The van der Waals surface area contributed by atoms with Gasteiger partial charge in [0.2, 0.25) is 0 Å². The maximum Gasteiger partial charge on any atom is 0.261 e. The quantitative estimate of drug-likeness (QED) is 0.391. The summed E-state index contributed by atoms with van der Waals surface area (Å²) in [7, 11) is 0. The Kier molecular flexibility index (Phi) is 5.38. The molecule has 2 N–H and O–H groups in total. The average molecular weight is 447 g/mol. The van der Waals surface area contributed by atoms with E-state index in [9.17, 15) is 8.78 Å². The summed E-state index contributed by atoms with van der Waals surface area (Å²) in [6.45, 7) is 6.36. The van der Waals surface area contributed by atoms with Crippen LogP contribution in [0.1, 0.15) is 23.2 Å². The van der Waals surface area contributed by atoms with Gasteiger partial charge in [-0.25, -0.2) is 8.78 Å². The van der Waals surface area contributed by atoms with Crippen LogP contribution in [0.5, 0.6) is 0 Å². The van der Waals surface area contributed by atoms with Crippen molar-refractivity contribution in [2.24, 2.45) is 0 Å². The maximum atomic E-state index is 13.5. The van der Waals surface area contributed by atoms with Gasteiger partial charge in [-0.1, -0.05) is 24.8 Å². The molecule has 0 atom stereocenters. The summed E-state index contributed by atoms with van der Waals surface area (Å²) in [5.41, 5.74) is 7.12. The minimum Gasteiger partial charge on any atom is -0.357 e. The van der Waals surface area contributed by atoms with Crippen molar-refractivity contribution in [1.29, 1.82) is 0 Å². The topological polar surface area (TPSA) is 73.5 Å². The third kappa shape index (κ3) is 4.34. The number of hydrogen-bond donors (Lipinski definition) is 2. The van der Waals surface area contributed by atoms with E-state index in [1.54, 1.807) is 29.6 Å². The molecule has 1 fully saturated rings. The number of H-pyrrole nitrogens is 2. The minimum atomic E-state index is -2.60. The number of hydrogen-bond acceptors (Lipinski definition) is 4. The van der Waals surface area contributed by atoms with Crippen LogP contribution in [-0.2, 0) is 6.54 Å². The first-order valence-electron chi connectivity index (χ1n) is 10.8. The Hall–Kier alpha value is -3.65. The molecule has 4 aromatic rings. The van der Waals surface area contributed by atoms with Crippen molar-refractivity contribution in [2.75, 3.05) is 13.1 Å². The first kappa shape index (κ1) is 21.2. The van der Waals surface area contributed by atoms with Crippen molar-refractivity contribution in [3.63, 3.8) is 0 Å². The zero-order valence-corrected chi connectivity index (χ0v) is 18.3. The van der Waals surface area contributed by atoms with Gasteiger partial charge in [0.1, 0.15) is 5.69 Å². The Morgan fingerprint density at radius 3 is 2.88 bits per heavy atom. The highest BCUT2D eigenvalue weighted by molar-refractivity contribution is 5.94. The number of aryl methyl sites for hydroxylation is 1. The van der Waals surface area contributed by atoms with Gasteiger partial charge in [0, 0.05) is 48.5 Å². The SMILES string of the molecule is C=C/C=C\c1cc(-c2n[nH]c3cnc(-c4cncc(CN5CCC(F)(F)C5)c4)cc23)[nH]c1C. The molecule has 1 aliphatic heterocycles. The normalized spacial score (nSPS) is 16.2. The molecule has 0 radical (unpaired) electrons. The highest BCUT2D eigenvalue weighted by Gasteiger charge is 2.37. The van der Waals surface area contributed by atoms with Crippen LogP contribution in [0.4, 0.5) is 8.78 Å². The zero-order valence-electron chi connectivity index (χ0n) is 18.3. The van der Waals surface area contributed by atoms with E-state index in [1.165, 1.54) is 0 Å². The van der Waals surface area contributed by atoms with Crippen molar-refractivity contribution in [3.8, 4) is 22.6 Å². The summed E-state index contributed by atoms with van der Waals surface area (Å²) in [6.07, 6.45) is 10.8. The van der Waals surface area contributed by atoms with Crippen LogP contribution >= 0.6 is 0 Å². The van der Waals surface area contributed by atoms with E-state index in [1.807, 2.05) is 31.2 Å². The van der Waals surface area contributed by atoms with Gasteiger partial charge in [0.05, 0.1) is 29.6 Å². The summed E-state index contributed by atoms with van der Waals surface area (Å²) < 4.78 is 27.1. The summed E-state index contributed by atoms with van der Waals surface area (Å²) in [5, 5.41) is 8.48. The van der Waals surface area contributed by atoms with E-state index in [0.29, 0.717) is 13.1 Å². The van der Waals surface area contributed by atoms with Gasteiger partial charge in [-0.3, -0.25) is 20.0 Å². The molecule has 168 valence electrons. The molecule has 33 heavy (non-hydrogen) atoms. The monoisotopic (exact) mass is 446 g/mol. The van der Waals surface area contributed by atoms with E-state index in [4.69, 9.17) is 0 Å². The van der Waals surface area contributed by atoms with Crippen LogP contribution in [-0.4, -0.2) is 49.1 Å². The molecule has 0 unspecified atom stereocenters. The Bertz CT molecular complexity index is 1350. The smallest absolute Gasteiger partial charge is 0.261 e. The van der Waals surface area contributed by atoms with Gasteiger partial charge in [-0.15, -0.1) is 0 Å². The molecular formula is C25H24F2N6. The number of rotatable bonds is 6. The number of aromatic amines is 2. The van der Waals surface area contributed by atoms with Crippen molar-refractivity contribution in [2.45, 2.75) is 25.8 Å². The number of aromatic nitrogens is 5. The van der Waals surface area contributed by atoms with E-state index in [0.717, 1.165) is 50.4 Å². The third-order valence-corrected chi connectivity index (χ3v) is 5.91. The summed E-state index contributed by atoms with van der Waals surface area (Å²) in [5.74, 6) is -2.60. The molecule has 1 saturated heterocycles. The lowest BCUT2D eigenvalue weighted by Gasteiger charge is -2.15. The highest BCUT2D eigenvalue weighted by atomic mass is 19.3. The van der Waals surface area contributed by atoms with E-state index in [-0.39, 0.29) is 13.0 Å². The zero-order chi connectivity index (χ0) is 23.0. The molecule has 0 bridgehead atoms. The van der Waals surface area contributed by atoms with Crippen LogP contribution in [0.25, 0.3) is 39.6 Å². The summed E-state index contributed by atoms with van der Waals surface area (Å²) >= 11 is 0.